The van der Waals surface area contributed by atoms with Gasteiger partial charge < -0.3 is 5.11 Å². The number of fused-ring (bicyclic) bond motifs is 3. The van der Waals surface area contributed by atoms with Gasteiger partial charge in [-0.25, -0.2) is 9.78 Å². The lowest BCUT2D eigenvalue weighted by Crippen LogP contribution is -2.42. The number of carbonyl (C=O) groups is 1. The molecule has 6 heteroatoms. The number of rotatable bonds is 3. The van der Waals surface area contributed by atoms with Gasteiger partial charge in [-0.15, -0.1) is 0 Å². The van der Waals surface area contributed by atoms with Crippen molar-refractivity contribution in [1.82, 2.24) is 14.5 Å². The van der Waals surface area contributed by atoms with E-state index in [9.17, 15) is 14.7 Å². The Morgan fingerprint density at radius 2 is 1.60 bits per heavy atom. The van der Waals surface area contributed by atoms with Crippen LogP contribution in [0, 0.1) is 0 Å². The van der Waals surface area contributed by atoms with Crippen molar-refractivity contribution in [1.29, 1.82) is 0 Å². The van der Waals surface area contributed by atoms with Gasteiger partial charge in [0.1, 0.15) is 0 Å². The standard InChI is InChI=1S/C24H31N3O3/c28-23-22(24(29)30)25-18-11-7-8-12-19(18)27(23)21-15-17-13-14-20(21)26(17)16-9-5-3-1-2-4-6-10-16/h7-8,11-12,16-17,20-21H,1-6,9-10,13-15H2,(H,29,30)/t17-,20+,21+/m0/s1. The predicted octanol–water partition coefficient (Wildman–Crippen LogP) is 4.38. The van der Waals surface area contributed by atoms with E-state index in [1.165, 1.54) is 57.8 Å². The summed E-state index contributed by atoms with van der Waals surface area (Å²) in [6.45, 7) is 0. The Kier molecular flexibility index (Phi) is 5.35. The Morgan fingerprint density at radius 3 is 2.33 bits per heavy atom. The number of aromatic nitrogens is 2. The lowest BCUT2D eigenvalue weighted by molar-refractivity contribution is 0.0687. The van der Waals surface area contributed by atoms with Crippen LogP contribution in [0.4, 0.5) is 0 Å². The molecule has 0 amide bonds. The average Bonchev–Trinajstić information content (AvgIpc) is 3.34. The van der Waals surface area contributed by atoms with Gasteiger partial charge in [0, 0.05) is 18.1 Å². The number of hydrogen-bond acceptors (Lipinski definition) is 4. The van der Waals surface area contributed by atoms with Crippen molar-refractivity contribution in [3.8, 4) is 0 Å². The maximum atomic E-state index is 13.2. The summed E-state index contributed by atoms with van der Waals surface area (Å²) < 4.78 is 1.78. The number of nitrogens with zero attached hydrogens (tertiary/aromatic N) is 3. The topological polar surface area (TPSA) is 75.4 Å². The van der Waals surface area contributed by atoms with E-state index >= 15 is 0 Å². The molecule has 3 fully saturated rings. The first-order valence-electron chi connectivity index (χ1n) is 11.7. The summed E-state index contributed by atoms with van der Waals surface area (Å²) in [4.78, 5) is 31.8. The zero-order valence-electron chi connectivity index (χ0n) is 17.5. The van der Waals surface area contributed by atoms with Crippen molar-refractivity contribution >= 4 is 17.0 Å². The second kappa shape index (κ2) is 8.14. The van der Waals surface area contributed by atoms with Crippen LogP contribution in [0.5, 0.6) is 0 Å². The van der Waals surface area contributed by atoms with Gasteiger partial charge in [0.15, 0.2) is 0 Å². The second-order valence-corrected chi connectivity index (χ2v) is 9.33. The van der Waals surface area contributed by atoms with E-state index in [0.29, 0.717) is 23.6 Å². The molecule has 3 atom stereocenters. The summed E-state index contributed by atoms with van der Waals surface area (Å²) >= 11 is 0. The molecule has 6 nitrogen and oxygen atoms in total. The van der Waals surface area contributed by atoms with Crippen molar-refractivity contribution in [3.63, 3.8) is 0 Å². The summed E-state index contributed by atoms with van der Waals surface area (Å²) in [5.41, 5.74) is 0.546. The average molecular weight is 410 g/mol. The second-order valence-electron chi connectivity index (χ2n) is 9.33. The van der Waals surface area contributed by atoms with Gasteiger partial charge in [-0.3, -0.25) is 14.3 Å². The molecule has 1 N–H and O–H groups in total. The Labute approximate surface area is 176 Å². The third kappa shape index (κ3) is 3.35. The van der Waals surface area contributed by atoms with Crippen LogP contribution in [0.3, 0.4) is 0 Å². The van der Waals surface area contributed by atoms with Gasteiger partial charge in [-0.2, -0.15) is 0 Å². The monoisotopic (exact) mass is 409 g/mol. The highest BCUT2D eigenvalue weighted by atomic mass is 16.4. The summed E-state index contributed by atoms with van der Waals surface area (Å²) in [6, 6.07) is 8.95. The summed E-state index contributed by atoms with van der Waals surface area (Å²) in [5, 5.41) is 9.58. The van der Waals surface area contributed by atoms with E-state index in [-0.39, 0.29) is 11.7 Å². The lowest BCUT2D eigenvalue weighted by Gasteiger charge is -2.33. The van der Waals surface area contributed by atoms with Crippen LogP contribution >= 0.6 is 0 Å². The first kappa shape index (κ1) is 19.7. The minimum atomic E-state index is -1.24. The van der Waals surface area contributed by atoms with Crippen LogP contribution in [0.1, 0.15) is 87.2 Å². The van der Waals surface area contributed by atoms with Gasteiger partial charge in [-0.05, 0) is 44.2 Å². The third-order valence-corrected chi connectivity index (χ3v) is 7.63. The number of benzene rings is 1. The van der Waals surface area contributed by atoms with Crippen LogP contribution in [0.15, 0.2) is 29.1 Å². The molecule has 3 aliphatic rings. The van der Waals surface area contributed by atoms with Gasteiger partial charge in [0.25, 0.3) is 5.56 Å². The molecular formula is C24H31N3O3. The quantitative estimate of drug-likeness (QED) is 0.814. The summed E-state index contributed by atoms with van der Waals surface area (Å²) in [7, 11) is 0. The van der Waals surface area contributed by atoms with E-state index in [1.807, 2.05) is 18.2 Å². The minimum Gasteiger partial charge on any atom is -0.476 e. The van der Waals surface area contributed by atoms with E-state index in [2.05, 4.69) is 9.88 Å². The number of carboxylic acid groups (broad SMARTS) is 1. The fraction of sp³-hybridized carbons (Fsp3) is 0.625. The van der Waals surface area contributed by atoms with Gasteiger partial charge >= 0.3 is 5.97 Å². The molecule has 1 aromatic carbocycles. The lowest BCUT2D eigenvalue weighted by atomic mass is 9.95. The zero-order valence-corrected chi connectivity index (χ0v) is 17.5. The number of aromatic carboxylic acids is 1. The van der Waals surface area contributed by atoms with E-state index < -0.39 is 11.5 Å². The highest BCUT2D eigenvalue weighted by Crippen LogP contribution is 2.47. The molecule has 2 saturated heterocycles. The Balaban J connectivity index is 1.53. The van der Waals surface area contributed by atoms with Gasteiger partial charge in [0.05, 0.1) is 17.1 Å². The molecule has 5 rings (SSSR count). The molecule has 0 radical (unpaired) electrons. The van der Waals surface area contributed by atoms with Gasteiger partial charge in [-0.1, -0.05) is 50.7 Å². The zero-order chi connectivity index (χ0) is 20.7. The summed E-state index contributed by atoms with van der Waals surface area (Å²) in [6.07, 6.45) is 13.7. The molecular weight excluding hydrogens is 378 g/mol. The molecule has 3 heterocycles. The Bertz CT molecular complexity index is 991. The van der Waals surface area contributed by atoms with Crippen LogP contribution in [0.25, 0.3) is 11.0 Å². The molecule has 1 aromatic heterocycles. The van der Waals surface area contributed by atoms with Crippen LogP contribution < -0.4 is 5.56 Å². The molecule has 2 bridgehead atoms. The van der Waals surface area contributed by atoms with Crippen LogP contribution in [-0.2, 0) is 0 Å². The number of hydrogen-bond donors (Lipinski definition) is 1. The normalized spacial score (nSPS) is 28.3. The number of para-hydroxylation sites is 2. The van der Waals surface area contributed by atoms with E-state index in [0.717, 1.165) is 18.4 Å². The maximum absolute atomic E-state index is 13.2. The molecule has 1 aliphatic carbocycles. The molecule has 30 heavy (non-hydrogen) atoms. The van der Waals surface area contributed by atoms with Gasteiger partial charge in [0.2, 0.25) is 5.69 Å². The maximum Gasteiger partial charge on any atom is 0.360 e. The van der Waals surface area contributed by atoms with Crippen molar-refractivity contribution in [2.75, 3.05) is 0 Å². The molecule has 2 aromatic rings. The molecule has 160 valence electrons. The van der Waals surface area contributed by atoms with Crippen LogP contribution in [0.2, 0.25) is 0 Å². The largest absolute Gasteiger partial charge is 0.476 e. The Hall–Kier alpha value is -2.21. The first-order valence-corrected chi connectivity index (χ1v) is 11.7. The fourth-order valence-electron chi connectivity index (χ4n) is 6.38. The van der Waals surface area contributed by atoms with Crippen molar-refractivity contribution < 1.29 is 9.90 Å². The highest BCUT2D eigenvalue weighted by molar-refractivity contribution is 5.88. The fourth-order valence-corrected chi connectivity index (χ4v) is 6.38. The molecule has 0 spiro atoms. The SMILES string of the molecule is O=C(O)c1nc2ccccc2n([C@@H]2C[C@@H]3CC[C@H]2N3C2CCCCCCCC2)c1=O. The minimum absolute atomic E-state index is 0.0369. The first-order chi connectivity index (χ1) is 14.6. The smallest absolute Gasteiger partial charge is 0.360 e. The molecule has 2 aliphatic heterocycles. The van der Waals surface area contributed by atoms with Crippen LogP contribution in [-0.4, -0.2) is 43.7 Å². The predicted molar refractivity (Wildman–Crippen MR) is 116 cm³/mol. The van der Waals surface area contributed by atoms with Crippen molar-refractivity contribution in [2.24, 2.45) is 0 Å². The van der Waals surface area contributed by atoms with E-state index in [1.54, 1.807) is 10.6 Å². The highest BCUT2D eigenvalue weighted by Gasteiger charge is 2.50. The number of carboxylic acids is 1. The molecule has 1 saturated carbocycles. The summed E-state index contributed by atoms with van der Waals surface area (Å²) in [5.74, 6) is -1.24. The third-order valence-electron chi connectivity index (χ3n) is 7.63. The van der Waals surface area contributed by atoms with Crippen molar-refractivity contribution in [3.05, 3.63) is 40.3 Å². The Morgan fingerprint density at radius 1 is 0.900 bits per heavy atom. The van der Waals surface area contributed by atoms with E-state index in [4.69, 9.17) is 0 Å². The molecule has 0 unspecified atom stereocenters. The van der Waals surface area contributed by atoms with Crippen molar-refractivity contribution in [2.45, 2.75) is 94.8 Å².